The maximum atomic E-state index is 12.2. The number of amides is 1. The van der Waals surface area contributed by atoms with Gasteiger partial charge in [0, 0.05) is 13.1 Å². The molecule has 0 saturated carbocycles. The molecule has 0 aliphatic carbocycles. The molecule has 1 aliphatic heterocycles. The monoisotopic (exact) mass is 277 g/mol. The van der Waals surface area contributed by atoms with Gasteiger partial charge in [-0.05, 0) is 25.8 Å². The maximum Gasteiger partial charge on any atom is 0.227 e. The van der Waals surface area contributed by atoms with Crippen LogP contribution in [0.25, 0.3) is 0 Å². The topological polar surface area (TPSA) is 101 Å². The number of sulfonamides is 1. The summed E-state index contributed by atoms with van der Waals surface area (Å²) in [5, 5.41) is 10.8. The van der Waals surface area contributed by atoms with Crippen molar-refractivity contribution in [3.8, 4) is 0 Å². The van der Waals surface area contributed by atoms with Crippen LogP contribution in [0.15, 0.2) is 0 Å². The van der Waals surface area contributed by atoms with Crippen molar-refractivity contribution in [3.05, 3.63) is 0 Å². The lowest BCUT2D eigenvalue weighted by Gasteiger charge is -2.36. The van der Waals surface area contributed by atoms with E-state index >= 15 is 0 Å². The van der Waals surface area contributed by atoms with E-state index in [9.17, 15) is 13.2 Å². The number of hydrogen-bond acceptors (Lipinski definition) is 4. The summed E-state index contributed by atoms with van der Waals surface area (Å²) < 4.78 is 21.6. The van der Waals surface area contributed by atoms with Crippen LogP contribution in [0.5, 0.6) is 0 Å². The molecule has 0 radical (unpaired) electrons. The van der Waals surface area contributed by atoms with Gasteiger partial charge in [-0.15, -0.1) is 0 Å². The first-order chi connectivity index (χ1) is 8.40. The lowest BCUT2D eigenvalue weighted by Crippen LogP contribution is -2.51. The number of primary sulfonamides is 1. The molecule has 1 atom stereocenters. The van der Waals surface area contributed by atoms with E-state index in [-0.39, 0.29) is 23.6 Å². The zero-order valence-electron chi connectivity index (χ0n) is 10.9. The fourth-order valence-corrected chi connectivity index (χ4v) is 2.85. The predicted octanol–water partition coefficient (Wildman–Crippen LogP) is -0.439. The van der Waals surface area contributed by atoms with Crippen molar-refractivity contribution in [2.45, 2.75) is 32.6 Å². The van der Waals surface area contributed by atoms with Crippen molar-refractivity contribution < 1.29 is 13.2 Å². The largest absolute Gasteiger partial charge is 0.355 e. The fraction of sp³-hybridized carbons (Fsp3) is 0.909. The van der Waals surface area contributed by atoms with E-state index in [4.69, 9.17) is 5.14 Å². The normalized spacial score (nSPS) is 24.8. The fourth-order valence-electron chi connectivity index (χ4n) is 2.46. The molecule has 1 amide bonds. The van der Waals surface area contributed by atoms with Crippen molar-refractivity contribution in [2.75, 3.05) is 25.4 Å². The molecule has 0 bridgehead atoms. The average molecular weight is 277 g/mol. The van der Waals surface area contributed by atoms with Crippen LogP contribution in [0, 0.1) is 5.41 Å². The highest BCUT2D eigenvalue weighted by molar-refractivity contribution is 7.89. The van der Waals surface area contributed by atoms with Crippen molar-refractivity contribution >= 4 is 15.9 Å². The van der Waals surface area contributed by atoms with Crippen molar-refractivity contribution in [3.63, 3.8) is 0 Å². The van der Waals surface area contributed by atoms with Crippen LogP contribution in [-0.2, 0) is 14.8 Å². The molecule has 0 aromatic rings. The Morgan fingerprint density at radius 1 is 1.50 bits per heavy atom. The highest BCUT2D eigenvalue weighted by atomic mass is 32.2. The SMILES string of the molecule is CCCC1(C(=O)NCCS(N)(=O)=O)CCCNC1. The van der Waals surface area contributed by atoms with Crippen LogP contribution in [0.3, 0.4) is 0 Å². The Hall–Kier alpha value is -0.660. The molecule has 0 aromatic carbocycles. The molecular weight excluding hydrogens is 254 g/mol. The van der Waals surface area contributed by atoms with Crippen LogP contribution >= 0.6 is 0 Å². The minimum absolute atomic E-state index is 0.0554. The number of nitrogens with one attached hydrogen (secondary N) is 2. The van der Waals surface area contributed by atoms with E-state index in [0.29, 0.717) is 6.54 Å². The highest BCUT2D eigenvalue weighted by Gasteiger charge is 2.38. The Kier molecular flexibility index (Phi) is 5.55. The Balaban J connectivity index is 2.54. The van der Waals surface area contributed by atoms with E-state index < -0.39 is 10.0 Å². The van der Waals surface area contributed by atoms with E-state index in [2.05, 4.69) is 10.6 Å². The zero-order valence-corrected chi connectivity index (χ0v) is 11.7. The molecule has 1 aliphatic rings. The second-order valence-electron chi connectivity index (χ2n) is 4.93. The molecule has 6 nitrogen and oxygen atoms in total. The third-order valence-corrected chi connectivity index (χ3v) is 4.13. The van der Waals surface area contributed by atoms with Crippen LogP contribution in [0.2, 0.25) is 0 Å². The van der Waals surface area contributed by atoms with Gasteiger partial charge in [0.25, 0.3) is 0 Å². The van der Waals surface area contributed by atoms with Crippen LogP contribution < -0.4 is 15.8 Å². The first-order valence-corrected chi connectivity index (χ1v) is 8.11. The quantitative estimate of drug-likeness (QED) is 0.612. The van der Waals surface area contributed by atoms with Gasteiger partial charge >= 0.3 is 0 Å². The van der Waals surface area contributed by atoms with Gasteiger partial charge in [0.1, 0.15) is 0 Å². The second-order valence-corrected chi connectivity index (χ2v) is 6.67. The minimum atomic E-state index is -3.51. The van der Waals surface area contributed by atoms with Gasteiger partial charge in [-0.3, -0.25) is 4.79 Å². The standard InChI is InChI=1S/C11H23N3O3S/c1-2-4-11(5-3-6-13-9-11)10(15)14-7-8-18(12,16)17/h13H,2-9H2,1H3,(H,14,15)(H2,12,16,17). The van der Waals surface area contributed by atoms with Crippen LogP contribution in [0.4, 0.5) is 0 Å². The van der Waals surface area contributed by atoms with Gasteiger partial charge in [-0.25, -0.2) is 13.6 Å². The van der Waals surface area contributed by atoms with Crippen LogP contribution in [0.1, 0.15) is 32.6 Å². The molecule has 1 unspecified atom stereocenters. The molecule has 0 aromatic heterocycles. The summed E-state index contributed by atoms with van der Waals surface area (Å²) in [6.07, 6.45) is 3.59. The number of rotatable bonds is 6. The Bertz CT molecular complexity index is 369. The summed E-state index contributed by atoms with van der Waals surface area (Å²) in [6, 6.07) is 0. The van der Waals surface area contributed by atoms with E-state index in [0.717, 1.165) is 32.2 Å². The molecule has 4 N–H and O–H groups in total. The summed E-state index contributed by atoms with van der Waals surface area (Å²) in [4.78, 5) is 12.2. The smallest absolute Gasteiger partial charge is 0.227 e. The Morgan fingerprint density at radius 3 is 2.72 bits per heavy atom. The molecule has 0 spiro atoms. The summed E-state index contributed by atoms with van der Waals surface area (Å²) >= 11 is 0. The number of hydrogen-bond donors (Lipinski definition) is 3. The maximum absolute atomic E-state index is 12.2. The van der Waals surface area contributed by atoms with Crippen molar-refractivity contribution in [1.82, 2.24) is 10.6 Å². The summed E-state index contributed by atoms with van der Waals surface area (Å²) in [6.45, 7) is 3.75. The number of carbonyl (C=O) groups excluding carboxylic acids is 1. The van der Waals surface area contributed by atoms with Gasteiger partial charge in [-0.2, -0.15) is 0 Å². The third-order valence-electron chi connectivity index (χ3n) is 3.35. The van der Waals surface area contributed by atoms with Gasteiger partial charge in [0.15, 0.2) is 0 Å². The summed E-state index contributed by atoms with van der Waals surface area (Å²) in [7, 11) is -3.51. The summed E-state index contributed by atoms with van der Waals surface area (Å²) in [5.74, 6) is -0.269. The lowest BCUT2D eigenvalue weighted by atomic mass is 9.76. The molecule has 1 fully saturated rings. The molecule has 7 heteroatoms. The Labute approximate surface area is 109 Å². The van der Waals surface area contributed by atoms with Gasteiger partial charge in [0.05, 0.1) is 11.2 Å². The molecule has 1 heterocycles. The Morgan fingerprint density at radius 2 is 2.22 bits per heavy atom. The molecule has 1 rings (SSSR count). The molecule has 106 valence electrons. The number of carbonyl (C=O) groups is 1. The van der Waals surface area contributed by atoms with Gasteiger partial charge in [0.2, 0.25) is 15.9 Å². The molecule has 18 heavy (non-hydrogen) atoms. The van der Waals surface area contributed by atoms with Gasteiger partial charge < -0.3 is 10.6 Å². The van der Waals surface area contributed by atoms with Crippen LogP contribution in [-0.4, -0.2) is 39.7 Å². The minimum Gasteiger partial charge on any atom is -0.355 e. The number of piperidine rings is 1. The zero-order chi connectivity index (χ0) is 13.6. The van der Waals surface area contributed by atoms with Crippen molar-refractivity contribution in [1.29, 1.82) is 0 Å². The van der Waals surface area contributed by atoms with Crippen molar-refractivity contribution in [2.24, 2.45) is 10.6 Å². The summed E-state index contributed by atoms with van der Waals surface area (Å²) in [5.41, 5.74) is -0.384. The third kappa shape index (κ3) is 4.55. The molecule has 1 saturated heterocycles. The average Bonchev–Trinajstić information content (AvgIpc) is 2.29. The predicted molar refractivity (Wildman–Crippen MR) is 70.4 cm³/mol. The first kappa shape index (κ1) is 15.4. The molecular formula is C11H23N3O3S. The van der Waals surface area contributed by atoms with E-state index in [1.54, 1.807) is 0 Å². The van der Waals surface area contributed by atoms with E-state index in [1.807, 2.05) is 6.92 Å². The van der Waals surface area contributed by atoms with E-state index in [1.165, 1.54) is 0 Å². The highest BCUT2D eigenvalue weighted by Crippen LogP contribution is 2.31. The number of nitrogens with two attached hydrogens (primary N) is 1. The lowest BCUT2D eigenvalue weighted by molar-refractivity contribution is -0.132. The van der Waals surface area contributed by atoms with Gasteiger partial charge in [-0.1, -0.05) is 13.3 Å². The second kappa shape index (κ2) is 6.49. The first-order valence-electron chi connectivity index (χ1n) is 6.39.